The molecule has 0 amide bonds. The smallest absolute Gasteiger partial charge is 0.242 e. The number of rotatable bonds is 6. The average molecular weight is 485 g/mol. The summed E-state index contributed by atoms with van der Waals surface area (Å²) in [4.78, 5) is 2.05. The molecule has 2 atom stereocenters. The topological polar surface area (TPSA) is 132 Å². The van der Waals surface area contributed by atoms with Crippen molar-refractivity contribution in [3.63, 3.8) is 0 Å². The van der Waals surface area contributed by atoms with E-state index in [9.17, 15) is 12.8 Å². The Balaban J connectivity index is 0.00000216. The third-order valence-corrected chi connectivity index (χ3v) is 7.32. The predicted octanol–water partition coefficient (Wildman–Crippen LogP) is 1.97. The summed E-state index contributed by atoms with van der Waals surface area (Å²) in [6, 6.07) is 5.42. The number of pyridine rings is 1. The Hall–Kier alpha value is -2.54. The van der Waals surface area contributed by atoms with Crippen LogP contribution in [-0.2, 0) is 19.5 Å². The largest absolute Gasteiger partial charge is 0.424 e. The van der Waals surface area contributed by atoms with E-state index in [-0.39, 0.29) is 44.8 Å². The number of fused-ring (bicyclic) bond motifs is 1. The van der Waals surface area contributed by atoms with Gasteiger partial charge in [0, 0.05) is 41.1 Å². The summed E-state index contributed by atoms with van der Waals surface area (Å²) >= 11 is 0. The van der Waals surface area contributed by atoms with E-state index in [0.29, 0.717) is 30.0 Å². The number of anilines is 1. The molecule has 0 unspecified atom stereocenters. The number of aromatic nitrogens is 1. The van der Waals surface area contributed by atoms with Gasteiger partial charge in [-0.05, 0) is 32.0 Å². The fourth-order valence-electron chi connectivity index (χ4n) is 4.34. The fourth-order valence-corrected chi connectivity index (χ4v) is 5.71. The summed E-state index contributed by atoms with van der Waals surface area (Å²) in [6.07, 6.45) is 1.40. The summed E-state index contributed by atoms with van der Waals surface area (Å²) < 4.78 is 54.4. The van der Waals surface area contributed by atoms with Gasteiger partial charge in [-0.2, -0.15) is 4.72 Å². The van der Waals surface area contributed by atoms with Gasteiger partial charge in [0.25, 0.3) is 0 Å². The van der Waals surface area contributed by atoms with Gasteiger partial charge in [0.2, 0.25) is 15.9 Å². The molecule has 4 rings (SSSR count). The molecule has 2 aliphatic heterocycles. The number of sulfonamides is 1. The van der Waals surface area contributed by atoms with Crippen LogP contribution in [-0.4, -0.2) is 75.2 Å². The molecule has 0 bridgehead atoms. The van der Waals surface area contributed by atoms with Crippen molar-refractivity contribution >= 4 is 33.0 Å². The maximum atomic E-state index is 13.6. The molecule has 12 heteroatoms. The first-order chi connectivity index (χ1) is 15.5. The monoisotopic (exact) mass is 484 g/mol. The molecule has 2 aromatic rings. The van der Waals surface area contributed by atoms with Gasteiger partial charge in [0.1, 0.15) is 22.8 Å². The van der Waals surface area contributed by atoms with Crippen molar-refractivity contribution in [2.24, 2.45) is 0 Å². The predicted molar refractivity (Wildman–Crippen MR) is 127 cm³/mol. The van der Waals surface area contributed by atoms with Crippen LogP contribution in [0, 0.1) is 10.8 Å². The summed E-state index contributed by atoms with van der Waals surface area (Å²) in [5.74, 6) is -0.425. The van der Waals surface area contributed by atoms with Gasteiger partial charge in [0.05, 0.1) is 24.4 Å². The van der Waals surface area contributed by atoms with Crippen LogP contribution >= 0.6 is 0 Å². The van der Waals surface area contributed by atoms with Crippen LogP contribution in [0.2, 0.25) is 0 Å². The number of nitrogens with zero attached hydrogens (tertiary/aromatic N) is 2. The van der Waals surface area contributed by atoms with Crippen LogP contribution in [0.1, 0.15) is 29.3 Å². The molecule has 0 radical (unpaired) electrons. The van der Waals surface area contributed by atoms with E-state index < -0.39 is 22.2 Å². The lowest BCUT2D eigenvalue weighted by Crippen LogP contribution is -2.63. The van der Waals surface area contributed by atoms with Crippen molar-refractivity contribution in [3.8, 4) is 0 Å². The van der Waals surface area contributed by atoms with Crippen LogP contribution in [0.5, 0.6) is 0 Å². The average Bonchev–Trinajstić information content (AvgIpc) is 3.13. The molecule has 0 aromatic carbocycles. The number of hydrogen-bond donors (Lipinski definition) is 4. The van der Waals surface area contributed by atoms with Crippen LogP contribution < -0.4 is 14.9 Å². The molecular formula is C21H33FN6O4S. The normalized spacial score (nSPS) is 22.7. The first-order valence-corrected chi connectivity index (χ1v) is 12.2. The second kappa shape index (κ2) is 8.67. The second-order valence-corrected chi connectivity index (χ2v) is 10.6. The van der Waals surface area contributed by atoms with E-state index in [1.54, 1.807) is 22.6 Å². The van der Waals surface area contributed by atoms with Crippen molar-refractivity contribution in [1.29, 1.82) is 10.8 Å². The summed E-state index contributed by atoms with van der Waals surface area (Å²) in [5, 5.41) is 19.2. The number of alkyl halides is 1. The lowest BCUT2D eigenvalue weighted by atomic mass is 10.0. The van der Waals surface area contributed by atoms with Crippen molar-refractivity contribution < 1.29 is 25.1 Å². The summed E-state index contributed by atoms with van der Waals surface area (Å²) in [7, 11) is -4.10. The molecule has 33 heavy (non-hydrogen) atoms. The van der Waals surface area contributed by atoms with Gasteiger partial charge in [-0.15, -0.1) is 0 Å². The SMILES string of the molecule is CC(=N)OC(=N)c1ccc2c(N3C[C@H](C)N[C@@H](C)C3)cc(S(=O)(=O)NC3(CF)COC3)cn12.[HH].[HH]. The van der Waals surface area contributed by atoms with Gasteiger partial charge < -0.3 is 24.1 Å². The van der Waals surface area contributed by atoms with E-state index in [1.165, 1.54) is 13.1 Å². The molecule has 0 spiro atoms. The van der Waals surface area contributed by atoms with Crippen LogP contribution in [0.25, 0.3) is 5.52 Å². The van der Waals surface area contributed by atoms with E-state index >= 15 is 0 Å². The zero-order valence-electron chi connectivity index (χ0n) is 18.8. The van der Waals surface area contributed by atoms with E-state index in [0.717, 1.165) is 0 Å². The first-order valence-electron chi connectivity index (χ1n) is 10.7. The second-order valence-electron chi connectivity index (χ2n) is 8.91. The zero-order chi connectivity index (χ0) is 24.0. The molecule has 10 nitrogen and oxygen atoms in total. The lowest BCUT2D eigenvalue weighted by Gasteiger charge is -2.39. The number of hydrogen-bond acceptors (Lipinski definition) is 8. The highest BCUT2D eigenvalue weighted by Crippen LogP contribution is 2.31. The summed E-state index contributed by atoms with van der Waals surface area (Å²) in [5.41, 5.74) is 0.424. The van der Waals surface area contributed by atoms with Crippen LogP contribution in [0.3, 0.4) is 0 Å². The van der Waals surface area contributed by atoms with Crippen LogP contribution in [0.15, 0.2) is 29.3 Å². The van der Waals surface area contributed by atoms with Gasteiger partial charge >= 0.3 is 0 Å². The Morgan fingerprint density at radius 2 is 2.00 bits per heavy atom. The molecule has 184 valence electrons. The molecule has 2 aromatic heterocycles. The number of piperazine rings is 1. The number of halogens is 1. The molecule has 4 heterocycles. The molecule has 2 fully saturated rings. The third kappa shape index (κ3) is 4.60. The Morgan fingerprint density at radius 1 is 1.33 bits per heavy atom. The highest BCUT2D eigenvalue weighted by Gasteiger charge is 2.43. The number of nitrogens with one attached hydrogen (secondary N) is 4. The number of ether oxygens (including phenoxy) is 2. The molecule has 4 N–H and O–H groups in total. The van der Waals surface area contributed by atoms with Crippen molar-refractivity contribution in [3.05, 3.63) is 30.1 Å². The lowest BCUT2D eigenvalue weighted by molar-refractivity contribution is -0.0725. The van der Waals surface area contributed by atoms with Gasteiger partial charge in [0.15, 0.2) is 5.90 Å². The minimum Gasteiger partial charge on any atom is -0.424 e. The van der Waals surface area contributed by atoms with Gasteiger partial charge in [-0.1, -0.05) is 0 Å². The van der Waals surface area contributed by atoms with E-state index in [4.69, 9.17) is 20.3 Å². The Kier molecular flexibility index (Phi) is 6.20. The van der Waals surface area contributed by atoms with Gasteiger partial charge in [-0.25, -0.2) is 12.8 Å². The van der Waals surface area contributed by atoms with Crippen LogP contribution in [0.4, 0.5) is 10.1 Å². The Bertz CT molecular complexity index is 1190. The first kappa shape index (κ1) is 23.6. The molecular weight excluding hydrogens is 451 g/mol. The quantitative estimate of drug-likeness (QED) is 0.366. The van der Waals surface area contributed by atoms with Crippen molar-refractivity contribution in [1.82, 2.24) is 14.4 Å². The molecule has 2 saturated heterocycles. The van der Waals surface area contributed by atoms with E-state index in [1.807, 2.05) is 0 Å². The standard InChI is InChI=1S/C21H29FN6O4S.2H2/c1-13-7-27(8-14(2)25-13)19-6-16(33(29,30)26-21(10-22)11-31-12-21)9-28-17(19)4-5-18(28)20(24)32-15(3)23;;/h4-6,9,13-14,23-26H,7-8,10-12H2,1-3H3;2*1H/t13-,14-;;/m0../s1. The Labute approximate surface area is 195 Å². The molecule has 2 aliphatic rings. The maximum Gasteiger partial charge on any atom is 0.242 e. The molecule has 0 saturated carbocycles. The third-order valence-electron chi connectivity index (χ3n) is 5.78. The Morgan fingerprint density at radius 3 is 2.55 bits per heavy atom. The minimum absolute atomic E-state index is 0. The fraction of sp³-hybridized carbons (Fsp3) is 0.524. The van der Waals surface area contributed by atoms with Crippen molar-refractivity contribution in [2.75, 3.05) is 37.9 Å². The van der Waals surface area contributed by atoms with Crippen molar-refractivity contribution in [2.45, 2.75) is 43.3 Å². The van der Waals surface area contributed by atoms with E-state index in [2.05, 4.69) is 28.8 Å². The highest BCUT2D eigenvalue weighted by atomic mass is 32.2. The highest BCUT2D eigenvalue weighted by molar-refractivity contribution is 7.89. The minimum atomic E-state index is -4.10. The maximum absolute atomic E-state index is 13.6. The van der Waals surface area contributed by atoms with Gasteiger partial charge in [-0.3, -0.25) is 10.8 Å². The molecule has 0 aliphatic carbocycles. The summed E-state index contributed by atoms with van der Waals surface area (Å²) in [6.45, 7) is 5.91. The zero-order valence-corrected chi connectivity index (χ0v) is 19.6.